The molecule has 0 radical (unpaired) electrons. The van der Waals surface area contributed by atoms with Gasteiger partial charge in [-0.2, -0.15) is 15.3 Å². The molecule has 3 aliphatic rings. The first-order valence-corrected chi connectivity index (χ1v) is 11.9. The minimum absolute atomic E-state index is 0.213. The predicted molar refractivity (Wildman–Crippen MR) is 124 cm³/mol. The van der Waals surface area contributed by atoms with Crippen molar-refractivity contribution in [2.45, 2.75) is 63.6 Å². The Hall–Kier alpha value is -3.19. The molecule has 2 aromatic rings. The molecule has 0 spiro atoms. The van der Waals surface area contributed by atoms with E-state index in [-0.39, 0.29) is 5.91 Å². The van der Waals surface area contributed by atoms with E-state index in [1.54, 1.807) is 0 Å². The summed E-state index contributed by atoms with van der Waals surface area (Å²) in [6.45, 7) is 4.18. The maximum absolute atomic E-state index is 11.4. The maximum Gasteiger partial charge on any atom is 0.229 e. The lowest BCUT2D eigenvalue weighted by molar-refractivity contribution is -0.139. The van der Waals surface area contributed by atoms with E-state index in [1.165, 1.54) is 19.0 Å². The van der Waals surface area contributed by atoms with E-state index in [0.29, 0.717) is 48.4 Å². The molecule has 1 amide bonds. The van der Waals surface area contributed by atoms with Crippen molar-refractivity contribution in [1.82, 2.24) is 29.5 Å². The molecule has 2 bridgehead atoms. The molecule has 33 heavy (non-hydrogen) atoms. The number of carbonyl (C=O) groups is 1. The molecule has 10 heteroatoms. The van der Waals surface area contributed by atoms with Crippen LogP contribution in [-0.4, -0.2) is 74.2 Å². The summed E-state index contributed by atoms with van der Waals surface area (Å²) >= 11 is 0. The number of β-lactam (4-membered cyclic amide) rings is 1. The molecule has 2 atom stereocenters. The van der Waals surface area contributed by atoms with Gasteiger partial charge in [0, 0.05) is 44.3 Å². The summed E-state index contributed by atoms with van der Waals surface area (Å²) in [6.07, 6.45) is 9.89. The Labute approximate surface area is 194 Å². The van der Waals surface area contributed by atoms with Gasteiger partial charge in [0.25, 0.3) is 0 Å². The predicted octanol–water partition coefficient (Wildman–Crippen LogP) is 2.43. The third-order valence-electron chi connectivity index (χ3n) is 7.37. The van der Waals surface area contributed by atoms with E-state index < -0.39 is 0 Å². The Kier molecular flexibility index (Phi) is 5.89. The lowest BCUT2D eigenvalue weighted by Gasteiger charge is -2.36. The minimum atomic E-state index is 0.213. The van der Waals surface area contributed by atoms with Crippen molar-refractivity contribution in [1.29, 1.82) is 5.26 Å². The second kappa shape index (κ2) is 8.98. The molecule has 0 aliphatic carbocycles. The highest BCUT2D eigenvalue weighted by Gasteiger charge is 2.39. The van der Waals surface area contributed by atoms with Gasteiger partial charge in [-0.15, -0.1) is 0 Å². The average molecular weight is 450 g/mol. The smallest absolute Gasteiger partial charge is 0.229 e. The van der Waals surface area contributed by atoms with Crippen LogP contribution in [0.5, 0.6) is 0 Å². The minimum Gasteiger partial charge on any atom is -0.369 e. The Morgan fingerprint density at radius 2 is 2.03 bits per heavy atom. The normalized spacial score (nSPS) is 24.5. The monoisotopic (exact) mass is 449 g/mol. The maximum atomic E-state index is 11.4. The fraction of sp³-hybridized carbons (Fsp3) is 0.609. The first kappa shape index (κ1) is 21.6. The Morgan fingerprint density at radius 3 is 2.70 bits per heavy atom. The van der Waals surface area contributed by atoms with Gasteiger partial charge < -0.3 is 20.4 Å². The molecule has 3 fully saturated rings. The zero-order valence-electron chi connectivity index (χ0n) is 19.3. The Balaban J connectivity index is 1.23. The van der Waals surface area contributed by atoms with Gasteiger partial charge in [-0.25, -0.2) is 4.98 Å². The zero-order valence-corrected chi connectivity index (χ0v) is 19.3. The Bertz CT molecular complexity index is 1060. The van der Waals surface area contributed by atoms with Crippen LogP contribution in [0.15, 0.2) is 12.4 Å². The van der Waals surface area contributed by atoms with E-state index in [9.17, 15) is 10.1 Å². The molecular formula is C23H31N9O. The van der Waals surface area contributed by atoms with Crippen LogP contribution < -0.4 is 10.6 Å². The number of aryl methyl sites for hydroxylation is 1. The molecule has 0 aromatic carbocycles. The SMILES string of the molecule is Cc1nn(C2CC3CCC(C2)N3C)cc1Nc1ncc(C#N)c(NCCCN2CCC2=O)n1. The van der Waals surface area contributed by atoms with Gasteiger partial charge in [0.1, 0.15) is 17.5 Å². The van der Waals surface area contributed by atoms with E-state index >= 15 is 0 Å². The number of amides is 1. The van der Waals surface area contributed by atoms with E-state index in [1.807, 2.05) is 11.8 Å². The van der Waals surface area contributed by atoms with Crippen LogP contribution in [0, 0.1) is 18.3 Å². The highest BCUT2D eigenvalue weighted by atomic mass is 16.2. The van der Waals surface area contributed by atoms with Crippen LogP contribution in [0.25, 0.3) is 0 Å². The summed E-state index contributed by atoms with van der Waals surface area (Å²) < 4.78 is 2.11. The highest BCUT2D eigenvalue weighted by molar-refractivity contribution is 5.81. The second-order valence-electron chi connectivity index (χ2n) is 9.39. The summed E-state index contributed by atoms with van der Waals surface area (Å²) in [5, 5.41) is 20.7. The molecule has 5 heterocycles. The summed E-state index contributed by atoms with van der Waals surface area (Å²) in [6, 6.07) is 3.88. The fourth-order valence-corrected chi connectivity index (χ4v) is 5.24. The third kappa shape index (κ3) is 4.37. The number of carbonyl (C=O) groups excluding carboxylic acids is 1. The van der Waals surface area contributed by atoms with Gasteiger partial charge in [-0.05, 0) is 46.1 Å². The number of aromatic nitrogens is 4. The fourth-order valence-electron chi connectivity index (χ4n) is 5.24. The Morgan fingerprint density at radius 1 is 1.24 bits per heavy atom. The molecule has 0 saturated carbocycles. The second-order valence-corrected chi connectivity index (χ2v) is 9.39. The van der Waals surface area contributed by atoms with Gasteiger partial charge >= 0.3 is 0 Å². The van der Waals surface area contributed by atoms with Crippen LogP contribution in [0.4, 0.5) is 17.5 Å². The van der Waals surface area contributed by atoms with Gasteiger partial charge in [0.2, 0.25) is 11.9 Å². The van der Waals surface area contributed by atoms with Crippen LogP contribution in [0.3, 0.4) is 0 Å². The van der Waals surface area contributed by atoms with E-state index in [2.05, 4.69) is 49.5 Å². The summed E-state index contributed by atoms with van der Waals surface area (Å²) in [7, 11) is 2.25. The average Bonchev–Trinajstić information content (AvgIpc) is 3.24. The van der Waals surface area contributed by atoms with Crippen molar-refractivity contribution >= 4 is 23.4 Å². The number of piperidine rings is 1. The number of fused-ring (bicyclic) bond motifs is 2. The first-order valence-electron chi connectivity index (χ1n) is 11.9. The third-order valence-corrected chi connectivity index (χ3v) is 7.37. The molecule has 2 aromatic heterocycles. The van der Waals surface area contributed by atoms with Gasteiger partial charge in [-0.1, -0.05) is 0 Å². The van der Waals surface area contributed by atoms with Crippen molar-refractivity contribution in [2.24, 2.45) is 0 Å². The van der Waals surface area contributed by atoms with Crippen molar-refractivity contribution in [2.75, 3.05) is 37.3 Å². The van der Waals surface area contributed by atoms with E-state index in [0.717, 1.165) is 43.7 Å². The van der Waals surface area contributed by atoms with Crippen molar-refractivity contribution in [3.05, 3.63) is 23.7 Å². The quantitative estimate of drug-likeness (QED) is 0.466. The van der Waals surface area contributed by atoms with E-state index in [4.69, 9.17) is 5.10 Å². The molecule has 2 unspecified atom stereocenters. The molecule has 3 saturated heterocycles. The zero-order chi connectivity index (χ0) is 22.9. The number of hydrogen-bond donors (Lipinski definition) is 2. The number of nitrogens with one attached hydrogen (secondary N) is 2. The summed E-state index contributed by atoms with van der Waals surface area (Å²) in [5.74, 6) is 1.15. The van der Waals surface area contributed by atoms with Crippen LogP contribution in [0.1, 0.15) is 55.8 Å². The first-order chi connectivity index (χ1) is 16.0. The van der Waals surface area contributed by atoms with Gasteiger partial charge in [-0.3, -0.25) is 9.48 Å². The number of rotatable bonds is 8. The number of nitriles is 1. The number of hydrogen-bond acceptors (Lipinski definition) is 8. The molecule has 5 rings (SSSR count). The van der Waals surface area contributed by atoms with Crippen LogP contribution in [0.2, 0.25) is 0 Å². The lowest BCUT2D eigenvalue weighted by Crippen LogP contribution is -2.44. The van der Waals surface area contributed by atoms with Crippen LogP contribution in [-0.2, 0) is 4.79 Å². The molecule has 3 aliphatic heterocycles. The number of anilines is 3. The molecule has 174 valence electrons. The largest absolute Gasteiger partial charge is 0.369 e. The highest BCUT2D eigenvalue weighted by Crippen LogP contribution is 2.40. The van der Waals surface area contributed by atoms with Crippen molar-refractivity contribution < 1.29 is 4.79 Å². The van der Waals surface area contributed by atoms with Crippen LogP contribution >= 0.6 is 0 Å². The number of likely N-dealkylation sites (tertiary alicyclic amines) is 1. The lowest BCUT2D eigenvalue weighted by atomic mass is 9.98. The molecular weight excluding hydrogens is 418 g/mol. The summed E-state index contributed by atoms with van der Waals surface area (Å²) in [4.78, 5) is 24.6. The molecule has 10 nitrogen and oxygen atoms in total. The van der Waals surface area contributed by atoms with Crippen molar-refractivity contribution in [3.8, 4) is 6.07 Å². The van der Waals surface area contributed by atoms with Crippen molar-refractivity contribution in [3.63, 3.8) is 0 Å². The van der Waals surface area contributed by atoms with Gasteiger partial charge in [0.05, 0.1) is 23.6 Å². The summed E-state index contributed by atoms with van der Waals surface area (Å²) in [5.41, 5.74) is 2.19. The number of nitrogens with zero attached hydrogens (tertiary/aromatic N) is 7. The van der Waals surface area contributed by atoms with Gasteiger partial charge in [0.15, 0.2) is 0 Å². The standard InChI is InChI=1S/C23H31N9O/c1-15-20(14-32(29-15)19-10-17-4-5-18(11-19)30(17)2)27-23-26-13-16(12-24)22(28-23)25-7-3-8-31-9-6-21(31)33/h13-14,17-19H,3-11H2,1-2H3,(H2,25,26,27,28). The topological polar surface area (TPSA) is 115 Å². The molecule has 2 N–H and O–H groups in total.